The van der Waals surface area contributed by atoms with Gasteiger partial charge in [0.15, 0.2) is 0 Å². The highest BCUT2D eigenvalue weighted by Crippen LogP contribution is 2.14. The lowest BCUT2D eigenvalue weighted by molar-refractivity contribution is 0.251. The summed E-state index contributed by atoms with van der Waals surface area (Å²) in [4.78, 5) is 11.8. The molecule has 0 saturated heterocycles. The summed E-state index contributed by atoms with van der Waals surface area (Å²) in [6.45, 7) is 3.06. The number of carbonyl (C=O) groups excluding carboxylic acids is 1. The van der Waals surface area contributed by atoms with Crippen LogP contribution in [-0.2, 0) is 6.54 Å². The van der Waals surface area contributed by atoms with E-state index in [1.54, 1.807) is 0 Å². The summed E-state index contributed by atoms with van der Waals surface area (Å²) in [5, 5.41) is 5.59. The Morgan fingerprint density at radius 1 is 1.10 bits per heavy atom. The Hall–Kier alpha value is -2.01. The largest absolute Gasteiger partial charge is 0.494 e. The number of nitrogens with one attached hydrogen (secondary N) is 2. The third-order valence-corrected chi connectivity index (χ3v) is 3.32. The molecule has 0 unspecified atom stereocenters. The molecule has 0 aliphatic carbocycles. The fraction of sp³-hybridized carbons (Fsp3) is 0.188. The lowest BCUT2D eigenvalue weighted by Gasteiger charge is -2.08. The van der Waals surface area contributed by atoms with Gasteiger partial charge in [-0.05, 0) is 48.9 Å². The summed E-state index contributed by atoms with van der Waals surface area (Å²) in [6.07, 6.45) is 0. The van der Waals surface area contributed by atoms with Gasteiger partial charge in [0.1, 0.15) is 5.75 Å². The summed E-state index contributed by atoms with van der Waals surface area (Å²) in [5.41, 5.74) is 1.77. The molecule has 0 fully saturated rings. The van der Waals surface area contributed by atoms with E-state index in [0.717, 1.165) is 21.5 Å². The van der Waals surface area contributed by atoms with E-state index in [0.29, 0.717) is 13.2 Å². The highest BCUT2D eigenvalue weighted by Gasteiger charge is 2.02. The maximum absolute atomic E-state index is 11.8. The van der Waals surface area contributed by atoms with Crippen molar-refractivity contribution in [2.24, 2.45) is 0 Å². The zero-order chi connectivity index (χ0) is 15.1. The van der Waals surface area contributed by atoms with E-state index in [9.17, 15) is 4.79 Å². The second-order valence-corrected chi connectivity index (χ2v) is 5.31. The molecule has 2 aromatic carbocycles. The Morgan fingerprint density at radius 3 is 2.38 bits per heavy atom. The second kappa shape index (κ2) is 7.69. The lowest BCUT2D eigenvalue weighted by Crippen LogP contribution is -2.28. The summed E-state index contributed by atoms with van der Waals surface area (Å²) in [5.74, 6) is 0.834. The second-order valence-electron chi connectivity index (χ2n) is 4.39. The smallest absolute Gasteiger partial charge is 0.319 e. The zero-order valence-electron chi connectivity index (χ0n) is 11.7. The Kier molecular flexibility index (Phi) is 5.63. The molecule has 5 heteroatoms. The number of ether oxygens (including phenoxy) is 1. The quantitative estimate of drug-likeness (QED) is 0.851. The van der Waals surface area contributed by atoms with E-state index >= 15 is 0 Å². The summed E-state index contributed by atoms with van der Waals surface area (Å²) < 4.78 is 6.35. The molecule has 0 radical (unpaired) electrons. The van der Waals surface area contributed by atoms with Crippen LogP contribution in [0.3, 0.4) is 0 Å². The number of anilines is 1. The molecule has 0 aliphatic heterocycles. The third-order valence-electron chi connectivity index (χ3n) is 2.79. The van der Waals surface area contributed by atoms with E-state index in [-0.39, 0.29) is 6.03 Å². The van der Waals surface area contributed by atoms with Gasteiger partial charge in [-0.3, -0.25) is 0 Å². The van der Waals surface area contributed by atoms with Gasteiger partial charge in [0.05, 0.1) is 6.61 Å². The first-order chi connectivity index (χ1) is 10.2. The molecular formula is C16H17BrN2O2. The van der Waals surface area contributed by atoms with Crippen LogP contribution in [0.15, 0.2) is 53.0 Å². The normalized spacial score (nSPS) is 10.0. The predicted molar refractivity (Wildman–Crippen MR) is 87.6 cm³/mol. The Morgan fingerprint density at radius 2 is 1.76 bits per heavy atom. The maximum Gasteiger partial charge on any atom is 0.319 e. The van der Waals surface area contributed by atoms with Gasteiger partial charge in [0, 0.05) is 16.7 Å². The molecule has 110 valence electrons. The number of benzene rings is 2. The lowest BCUT2D eigenvalue weighted by atomic mass is 10.2. The number of carbonyl (C=O) groups is 1. The van der Waals surface area contributed by atoms with Gasteiger partial charge >= 0.3 is 6.03 Å². The van der Waals surface area contributed by atoms with Crippen LogP contribution in [0.5, 0.6) is 5.75 Å². The highest BCUT2D eigenvalue weighted by atomic mass is 79.9. The molecule has 0 bridgehead atoms. The molecule has 21 heavy (non-hydrogen) atoms. The van der Waals surface area contributed by atoms with E-state index in [4.69, 9.17) is 4.74 Å². The Labute approximate surface area is 132 Å². The van der Waals surface area contributed by atoms with Crippen LogP contribution in [0, 0.1) is 0 Å². The molecule has 0 aromatic heterocycles. The standard InChI is InChI=1S/C16H17BrN2O2/c1-2-21-15-9-3-12(4-10-15)11-18-16(20)19-14-7-5-13(17)6-8-14/h3-10H,2,11H2,1H3,(H2,18,19,20). The first kappa shape index (κ1) is 15.4. The molecule has 0 aliphatic rings. The van der Waals surface area contributed by atoms with Gasteiger partial charge in [-0.15, -0.1) is 0 Å². The van der Waals surface area contributed by atoms with Gasteiger partial charge in [0.25, 0.3) is 0 Å². The Bertz CT molecular complexity index is 582. The number of urea groups is 1. The zero-order valence-corrected chi connectivity index (χ0v) is 13.3. The monoisotopic (exact) mass is 348 g/mol. The van der Waals surface area contributed by atoms with Crippen molar-refractivity contribution in [1.82, 2.24) is 5.32 Å². The van der Waals surface area contributed by atoms with Crippen LogP contribution in [0.25, 0.3) is 0 Å². The van der Waals surface area contributed by atoms with Crippen LogP contribution in [-0.4, -0.2) is 12.6 Å². The van der Waals surface area contributed by atoms with Crippen molar-refractivity contribution >= 4 is 27.6 Å². The highest BCUT2D eigenvalue weighted by molar-refractivity contribution is 9.10. The third kappa shape index (κ3) is 5.11. The molecule has 0 heterocycles. The van der Waals surface area contributed by atoms with Crippen LogP contribution in [0.4, 0.5) is 10.5 Å². The van der Waals surface area contributed by atoms with E-state index in [1.165, 1.54) is 0 Å². The maximum atomic E-state index is 11.8. The van der Waals surface area contributed by atoms with Crippen molar-refractivity contribution in [2.75, 3.05) is 11.9 Å². The van der Waals surface area contributed by atoms with Crippen molar-refractivity contribution in [3.63, 3.8) is 0 Å². The minimum absolute atomic E-state index is 0.230. The SMILES string of the molecule is CCOc1ccc(CNC(=O)Nc2ccc(Br)cc2)cc1. The minimum atomic E-state index is -0.230. The van der Waals surface area contributed by atoms with E-state index in [1.807, 2.05) is 55.5 Å². The van der Waals surface area contributed by atoms with Crippen LogP contribution < -0.4 is 15.4 Å². The molecule has 2 aromatic rings. The number of hydrogen-bond donors (Lipinski definition) is 2. The topological polar surface area (TPSA) is 50.4 Å². The van der Waals surface area contributed by atoms with Crippen molar-refractivity contribution in [2.45, 2.75) is 13.5 Å². The van der Waals surface area contributed by atoms with Gasteiger partial charge in [-0.25, -0.2) is 4.79 Å². The number of halogens is 1. The van der Waals surface area contributed by atoms with Gasteiger partial charge < -0.3 is 15.4 Å². The average Bonchev–Trinajstić information content (AvgIpc) is 2.49. The molecule has 0 atom stereocenters. The van der Waals surface area contributed by atoms with Crippen LogP contribution in [0.2, 0.25) is 0 Å². The van der Waals surface area contributed by atoms with E-state index < -0.39 is 0 Å². The molecule has 2 rings (SSSR count). The van der Waals surface area contributed by atoms with Crippen molar-refractivity contribution in [1.29, 1.82) is 0 Å². The summed E-state index contributed by atoms with van der Waals surface area (Å²) >= 11 is 3.35. The summed E-state index contributed by atoms with van der Waals surface area (Å²) in [7, 11) is 0. The molecule has 0 spiro atoms. The van der Waals surface area contributed by atoms with E-state index in [2.05, 4.69) is 26.6 Å². The van der Waals surface area contributed by atoms with Crippen molar-refractivity contribution in [3.8, 4) is 5.75 Å². The minimum Gasteiger partial charge on any atom is -0.494 e. The first-order valence-corrected chi connectivity index (χ1v) is 7.49. The molecule has 0 saturated carbocycles. The number of rotatable bonds is 5. The first-order valence-electron chi connectivity index (χ1n) is 6.69. The average molecular weight is 349 g/mol. The fourth-order valence-corrected chi connectivity index (χ4v) is 2.03. The Balaban J connectivity index is 1.81. The van der Waals surface area contributed by atoms with Gasteiger partial charge in [0.2, 0.25) is 0 Å². The number of amides is 2. The van der Waals surface area contributed by atoms with Crippen molar-refractivity contribution < 1.29 is 9.53 Å². The molecule has 4 nitrogen and oxygen atoms in total. The van der Waals surface area contributed by atoms with Gasteiger partial charge in [-0.2, -0.15) is 0 Å². The van der Waals surface area contributed by atoms with Crippen molar-refractivity contribution in [3.05, 3.63) is 58.6 Å². The fourth-order valence-electron chi connectivity index (χ4n) is 1.76. The molecule has 2 amide bonds. The van der Waals surface area contributed by atoms with Crippen LogP contribution in [0.1, 0.15) is 12.5 Å². The molecular weight excluding hydrogens is 332 g/mol. The van der Waals surface area contributed by atoms with Gasteiger partial charge in [-0.1, -0.05) is 28.1 Å². The molecule has 2 N–H and O–H groups in total. The van der Waals surface area contributed by atoms with Crippen LogP contribution >= 0.6 is 15.9 Å². The number of hydrogen-bond acceptors (Lipinski definition) is 2. The predicted octanol–water partition coefficient (Wildman–Crippen LogP) is 4.17. The summed E-state index contributed by atoms with van der Waals surface area (Å²) in [6, 6.07) is 14.9.